The van der Waals surface area contributed by atoms with Crippen LogP contribution >= 0.6 is 0 Å². The molecule has 0 aromatic heterocycles. The van der Waals surface area contributed by atoms with Crippen LogP contribution in [0, 0.1) is 0 Å². The van der Waals surface area contributed by atoms with Crippen molar-refractivity contribution in [3.05, 3.63) is 48.5 Å². The lowest BCUT2D eigenvalue weighted by atomic mass is 10.1. The maximum absolute atomic E-state index is 12.8. The molecule has 0 unspecified atom stereocenters. The van der Waals surface area contributed by atoms with E-state index in [4.69, 9.17) is 4.74 Å². The van der Waals surface area contributed by atoms with E-state index < -0.39 is 9.84 Å². The van der Waals surface area contributed by atoms with Gasteiger partial charge in [0, 0.05) is 13.1 Å². The minimum Gasteiger partial charge on any atom is -0.490 e. The number of hydrogen-bond donors (Lipinski definition) is 1. The molecule has 0 spiro atoms. The fourth-order valence-corrected chi connectivity index (χ4v) is 4.30. The Morgan fingerprint density at radius 2 is 1.76 bits per heavy atom. The fourth-order valence-electron chi connectivity index (χ4n) is 2.99. The summed E-state index contributed by atoms with van der Waals surface area (Å²) in [6, 6.07) is 14.1. The first-order valence-electron chi connectivity index (χ1n) is 8.70. The van der Waals surface area contributed by atoms with E-state index in [0.29, 0.717) is 22.4 Å². The van der Waals surface area contributed by atoms with Crippen molar-refractivity contribution in [3.63, 3.8) is 0 Å². The van der Waals surface area contributed by atoms with Crippen molar-refractivity contribution in [3.8, 4) is 5.75 Å². The molecule has 5 nitrogen and oxygen atoms in total. The van der Waals surface area contributed by atoms with E-state index >= 15 is 0 Å². The third kappa shape index (κ3) is 3.37. The molecular formula is C19H24N2O3S. The maximum atomic E-state index is 12.8. The van der Waals surface area contributed by atoms with Crippen molar-refractivity contribution in [1.82, 2.24) is 5.32 Å². The Kier molecular flexibility index (Phi) is 5.30. The summed E-state index contributed by atoms with van der Waals surface area (Å²) in [5.74, 6) is 0.759. The third-order valence-electron chi connectivity index (χ3n) is 4.39. The fraction of sp³-hybridized carbons (Fsp3) is 0.368. The highest BCUT2D eigenvalue weighted by atomic mass is 32.2. The summed E-state index contributed by atoms with van der Waals surface area (Å²) in [5, 5.41) is 3.26. The number of rotatable bonds is 3. The molecule has 1 saturated heterocycles. The molecule has 2 aliphatic heterocycles. The van der Waals surface area contributed by atoms with Crippen molar-refractivity contribution in [2.45, 2.75) is 29.7 Å². The molecule has 134 valence electrons. The van der Waals surface area contributed by atoms with Crippen LogP contribution in [0.4, 0.5) is 5.69 Å². The number of nitrogens with one attached hydrogen (secondary N) is 1. The summed E-state index contributed by atoms with van der Waals surface area (Å²) in [5.41, 5.74) is 0.875. The topological polar surface area (TPSA) is 58.6 Å². The number of anilines is 1. The standard InChI is InChI=1S/C17H18N2O3S.C2H6/c20-23(21,14-4-2-1-3-5-14)15-6-7-17-16(10-15)19(8-9-22-17)13-11-18-12-13;1-2/h1-7,10,13,18H,8-9,11-12H2;1-2H3. The van der Waals surface area contributed by atoms with E-state index in [-0.39, 0.29) is 0 Å². The molecule has 6 heteroatoms. The van der Waals surface area contributed by atoms with Crippen LogP contribution in [0.15, 0.2) is 58.3 Å². The summed E-state index contributed by atoms with van der Waals surface area (Å²) in [6.45, 7) is 7.27. The summed E-state index contributed by atoms with van der Waals surface area (Å²) in [6.07, 6.45) is 0. The smallest absolute Gasteiger partial charge is 0.206 e. The highest BCUT2D eigenvalue weighted by Gasteiger charge is 2.30. The zero-order valence-electron chi connectivity index (χ0n) is 14.6. The van der Waals surface area contributed by atoms with Gasteiger partial charge in [-0.2, -0.15) is 0 Å². The Bertz CT molecular complexity index is 818. The maximum Gasteiger partial charge on any atom is 0.206 e. The molecule has 0 bridgehead atoms. The third-order valence-corrected chi connectivity index (χ3v) is 6.16. The predicted octanol–water partition coefficient (Wildman–Crippen LogP) is 2.72. The van der Waals surface area contributed by atoms with Gasteiger partial charge >= 0.3 is 0 Å². The summed E-state index contributed by atoms with van der Waals surface area (Å²) in [4.78, 5) is 2.87. The summed E-state index contributed by atoms with van der Waals surface area (Å²) >= 11 is 0. The van der Waals surface area contributed by atoms with Crippen LogP contribution in [-0.2, 0) is 9.84 Å². The zero-order chi connectivity index (χ0) is 17.9. The second-order valence-electron chi connectivity index (χ2n) is 5.80. The van der Waals surface area contributed by atoms with Crippen molar-refractivity contribution in [2.24, 2.45) is 0 Å². The average Bonchev–Trinajstić information content (AvgIpc) is 2.62. The number of nitrogens with zero attached hydrogens (tertiary/aromatic N) is 1. The average molecular weight is 360 g/mol. The molecule has 2 aromatic rings. The van der Waals surface area contributed by atoms with Crippen LogP contribution in [0.5, 0.6) is 5.75 Å². The van der Waals surface area contributed by atoms with E-state index in [2.05, 4.69) is 10.2 Å². The monoisotopic (exact) mass is 360 g/mol. The Labute approximate surface area is 149 Å². The Morgan fingerprint density at radius 3 is 2.40 bits per heavy atom. The van der Waals surface area contributed by atoms with Crippen LogP contribution in [-0.4, -0.2) is 40.7 Å². The minimum atomic E-state index is -3.51. The molecule has 25 heavy (non-hydrogen) atoms. The van der Waals surface area contributed by atoms with Crippen molar-refractivity contribution in [1.29, 1.82) is 0 Å². The molecule has 0 amide bonds. The number of benzene rings is 2. The minimum absolute atomic E-state index is 0.310. The molecule has 2 aliphatic rings. The molecule has 0 saturated carbocycles. The number of ether oxygens (including phenoxy) is 1. The number of fused-ring (bicyclic) bond motifs is 1. The van der Waals surface area contributed by atoms with Crippen molar-refractivity contribution in [2.75, 3.05) is 31.1 Å². The van der Waals surface area contributed by atoms with Crippen LogP contribution in [0.3, 0.4) is 0 Å². The normalized spacial score (nSPS) is 16.8. The molecule has 0 atom stereocenters. The lowest BCUT2D eigenvalue weighted by Gasteiger charge is -2.42. The van der Waals surface area contributed by atoms with Gasteiger partial charge in [0.15, 0.2) is 0 Å². The number of sulfone groups is 1. The molecule has 0 aliphatic carbocycles. The van der Waals surface area contributed by atoms with Gasteiger partial charge in [-0.25, -0.2) is 8.42 Å². The predicted molar refractivity (Wildman–Crippen MR) is 99.2 cm³/mol. The van der Waals surface area contributed by atoms with Crippen LogP contribution in [0.25, 0.3) is 0 Å². The van der Waals surface area contributed by atoms with Crippen LogP contribution in [0.2, 0.25) is 0 Å². The first kappa shape index (κ1) is 17.8. The lowest BCUT2D eigenvalue weighted by Crippen LogP contribution is -2.59. The Morgan fingerprint density at radius 1 is 1.04 bits per heavy atom. The van der Waals surface area contributed by atoms with Crippen molar-refractivity contribution < 1.29 is 13.2 Å². The molecule has 2 heterocycles. The molecular weight excluding hydrogens is 336 g/mol. The number of hydrogen-bond acceptors (Lipinski definition) is 5. The van der Waals surface area contributed by atoms with Gasteiger partial charge in [-0.1, -0.05) is 32.0 Å². The highest BCUT2D eigenvalue weighted by molar-refractivity contribution is 7.91. The lowest BCUT2D eigenvalue weighted by molar-refractivity contribution is 0.285. The molecule has 1 fully saturated rings. The zero-order valence-corrected chi connectivity index (χ0v) is 15.4. The highest BCUT2D eigenvalue weighted by Crippen LogP contribution is 2.36. The second kappa shape index (κ2) is 7.45. The molecule has 2 aromatic carbocycles. The first-order chi connectivity index (χ1) is 12.2. The first-order valence-corrected chi connectivity index (χ1v) is 10.2. The molecule has 4 rings (SSSR count). The van der Waals surface area contributed by atoms with E-state index in [0.717, 1.165) is 31.1 Å². The van der Waals surface area contributed by atoms with Gasteiger partial charge in [0.05, 0.1) is 28.1 Å². The molecule has 1 N–H and O–H groups in total. The van der Waals surface area contributed by atoms with Crippen molar-refractivity contribution >= 4 is 15.5 Å². The van der Waals surface area contributed by atoms with E-state index in [9.17, 15) is 8.42 Å². The largest absolute Gasteiger partial charge is 0.490 e. The summed E-state index contributed by atoms with van der Waals surface area (Å²) in [7, 11) is -3.51. The second-order valence-corrected chi connectivity index (χ2v) is 7.75. The molecule has 0 radical (unpaired) electrons. The van der Waals surface area contributed by atoms with Gasteiger partial charge in [0.2, 0.25) is 9.84 Å². The van der Waals surface area contributed by atoms with Gasteiger partial charge in [-0.15, -0.1) is 0 Å². The van der Waals surface area contributed by atoms with Gasteiger partial charge in [-0.05, 0) is 30.3 Å². The van der Waals surface area contributed by atoms with E-state index in [1.165, 1.54) is 0 Å². The van der Waals surface area contributed by atoms with Gasteiger partial charge in [0.25, 0.3) is 0 Å². The Balaban J connectivity index is 0.000000880. The summed E-state index contributed by atoms with van der Waals surface area (Å²) < 4.78 is 31.3. The van der Waals surface area contributed by atoms with Crippen LogP contribution < -0.4 is 15.0 Å². The van der Waals surface area contributed by atoms with E-state index in [1.807, 2.05) is 19.9 Å². The van der Waals surface area contributed by atoms with Gasteiger partial charge in [0.1, 0.15) is 12.4 Å². The Hall–Kier alpha value is -2.05. The SMILES string of the molecule is CC.O=S(=O)(c1ccccc1)c1ccc2c(c1)N(C1CNC1)CCO2. The van der Waals surface area contributed by atoms with Gasteiger partial charge in [-0.3, -0.25) is 0 Å². The van der Waals surface area contributed by atoms with E-state index in [1.54, 1.807) is 42.5 Å². The quantitative estimate of drug-likeness (QED) is 0.912. The van der Waals surface area contributed by atoms with Crippen LogP contribution in [0.1, 0.15) is 13.8 Å². The van der Waals surface area contributed by atoms with Gasteiger partial charge < -0.3 is 15.0 Å².